The van der Waals surface area contributed by atoms with E-state index in [1.807, 2.05) is 0 Å². The highest BCUT2D eigenvalue weighted by atomic mass is 16.4. The van der Waals surface area contributed by atoms with Crippen LogP contribution in [0.3, 0.4) is 0 Å². The highest BCUT2D eigenvalue weighted by Crippen LogP contribution is 2.67. The number of rotatable bonds is 8. The highest BCUT2D eigenvalue weighted by Gasteiger charge is 2.62. The number of aliphatic carboxylic acids is 1. The number of nitrogens with one attached hydrogen (secondary N) is 1. The van der Waals surface area contributed by atoms with Crippen molar-refractivity contribution < 1.29 is 24.6 Å². The molecule has 1 amide bonds. The summed E-state index contributed by atoms with van der Waals surface area (Å²) in [5.41, 5.74) is 0.368. The van der Waals surface area contributed by atoms with E-state index < -0.39 is 5.97 Å². The van der Waals surface area contributed by atoms with Crippen LogP contribution in [0.25, 0.3) is 0 Å². The third-order valence-corrected chi connectivity index (χ3v) is 10.9. The van der Waals surface area contributed by atoms with E-state index in [1.165, 1.54) is 6.42 Å². The van der Waals surface area contributed by atoms with E-state index in [1.54, 1.807) is 0 Å². The Kier molecular flexibility index (Phi) is 7.48. The zero-order valence-corrected chi connectivity index (χ0v) is 21.4. The normalized spacial score (nSPS) is 42.3. The van der Waals surface area contributed by atoms with Gasteiger partial charge < -0.3 is 15.5 Å². The Bertz CT molecular complexity index is 798. The van der Waals surface area contributed by atoms with Crippen molar-refractivity contribution in [2.45, 2.75) is 104 Å². The van der Waals surface area contributed by atoms with Gasteiger partial charge in [0.2, 0.25) is 5.91 Å². The van der Waals surface area contributed by atoms with E-state index in [4.69, 9.17) is 5.11 Å². The number of carboxylic acid groups (broad SMARTS) is 1. The second kappa shape index (κ2) is 9.91. The zero-order chi connectivity index (χ0) is 24.7. The van der Waals surface area contributed by atoms with Crippen molar-refractivity contribution in [1.29, 1.82) is 0 Å². The van der Waals surface area contributed by atoms with Crippen molar-refractivity contribution in [3.05, 3.63) is 0 Å². The van der Waals surface area contributed by atoms with Crippen molar-refractivity contribution >= 4 is 17.7 Å². The molecule has 0 heterocycles. The Balaban J connectivity index is 1.37. The van der Waals surface area contributed by atoms with Crippen molar-refractivity contribution in [1.82, 2.24) is 5.32 Å². The molecule has 9 atom stereocenters. The van der Waals surface area contributed by atoms with Gasteiger partial charge in [0.25, 0.3) is 0 Å². The summed E-state index contributed by atoms with van der Waals surface area (Å²) in [6.45, 7) is 7.55. The van der Waals surface area contributed by atoms with Gasteiger partial charge in [0.05, 0.1) is 6.10 Å². The molecule has 3 N–H and O–H groups in total. The van der Waals surface area contributed by atoms with Gasteiger partial charge in [-0.2, -0.15) is 0 Å². The van der Waals surface area contributed by atoms with E-state index in [0.29, 0.717) is 61.2 Å². The van der Waals surface area contributed by atoms with Crippen molar-refractivity contribution in [2.24, 2.45) is 46.3 Å². The first-order chi connectivity index (χ1) is 16.1. The number of ketones is 1. The molecular formula is C28H45NO5. The molecule has 0 spiro atoms. The lowest BCUT2D eigenvalue weighted by molar-refractivity contribution is -0.160. The number of hydrogen-bond donors (Lipinski definition) is 3. The molecule has 192 valence electrons. The Morgan fingerprint density at radius 3 is 2.50 bits per heavy atom. The quantitative estimate of drug-likeness (QED) is 0.446. The third-order valence-electron chi connectivity index (χ3n) is 10.9. The molecule has 0 aliphatic heterocycles. The summed E-state index contributed by atoms with van der Waals surface area (Å²) < 4.78 is 0. The molecule has 34 heavy (non-hydrogen) atoms. The molecule has 4 aliphatic carbocycles. The largest absolute Gasteiger partial charge is 0.481 e. The second-order valence-corrected chi connectivity index (χ2v) is 12.6. The van der Waals surface area contributed by atoms with E-state index in [2.05, 4.69) is 26.1 Å². The smallest absolute Gasteiger partial charge is 0.303 e. The molecule has 6 heteroatoms. The van der Waals surface area contributed by atoms with Crippen LogP contribution in [-0.2, 0) is 14.4 Å². The zero-order valence-electron chi connectivity index (χ0n) is 21.4. The third kappa shape index (κ3) is 4.68. The summed E-state index contributed by atoms with van der Waals surface area (Å²) >= 11 is 0. The van der Waals surface area contributed by atoms with Gasteiger partial charge in [-0.15, -0.1) is 0 Å². The average molecular weight is 476 g/mol. The molecule has 0 aromatic heterocycles. The molecule has 0 bridgehead atoms. The van der Waals surface area contributed by atoms with Gasteiger partial charge in [0.15, 0.2) is 0 Å². The molecule has 0 radical (unpaired) electrons. The van der Waals surface area contributed by atoms with Crippen LogP contribution in [0.15, 0.2) is 0 Å². The van der Waals surface area contributed by atoms with Crippen LogP contribution in [0, 0.1) is 46.3 Å². The Morgan fingerprint density at radius 2 is 1.76 bits per heavy atom. The van der Waals surface area contributed by atoms with Gasteiger partial charge in [-0.25, -0.2) is 0 Å². The molecule has 0 aromatic carbocycles. The Hall–Kier alpha value is -1.43. The topological polar surface area (TPSA) is 104 Å². The van der Waals surface area contributed by atoms with Gasteiger partial charge in [-0.1, -0.05) is 20.8 Å². The highest BCUT2D eigenvalue weighted by molar-refractivity contribution is 5.83. The summed E-state index contributed by atoms with van der Waals surface area (Å²) in [6, 6.07) is 0. The number of carbonyl (C=O) groups is 3. The fourth-order valence-corrected chi connectivity index (χ4v) is 9.00. The monoisotopic (exact) mass is 475 g/mol. The maximum Gasteiger partial charge on any atom is 0.303 e. The number of carbonyl (C=O) groups excluding carboxylic acids is 2. The minimum atomic E-state index is -0.830. The maximum atomic E-state index is 13.5. The van der Waals surface area contributed by atoms with Crippen LogP contribution in [-0.4, -0.2) is 40.5 Å². The van der Waals surface area contributed by atoms with Crippen molar-refractivity contribution in [3.63, 3.8) is 0 Å². The van der Waals surface area contributed by atoms with Crippen LogP contribution in [0.4, 0.5) is 0 Å². The first-order valence-electron chi connectivity index (χ1n) is 13.8. The van der Waals surface area contributed by atoms with Gasteiger partial charge >= 0.3 is 5.97 Å². The molecular weight excluding hydrogens is 430 g/mol. The molecule has 4 fully saturated rings. The number of carboxylic acids is 1. The number of Topliss-reactive ketones (excluding diaryl/α,β-unsaturated/α-hetero) is 1. The molecule has 4 saturated carbocycles. The van der Waals surface area contributed by atoms with Crippen molar-refractivity contribution in [2.75, 3.05) is 6.54 Å². The van der Waals surface area contributed by atoms with E-state index >= 15 is 0 Å². The summed E-state index contributed by atoms with van der Waals surface area (Å²) in [4.78, 5) is 36.4. The van der Waals surface area contributed by atoms with Crippen LogP contribution in [0.1, 0.15) is 97.8 Å². The average Bonchev–Trinajstić information content (AvgIpc) is 3.13. The number of aliphatic hydroxyl groups excluding tert-OH is 1. The van der Waals surface area contributed by atoms with Crippen LogP contribution >= 0.6 is 0 Å². The predicted molar refractivity (Wildman–Crippen MR) is 130 cm³/mol. The summed E-state index contributed by atoms with van der Waals surface area (Å²) in [7, 11) is 0. The Labute approximate surface area is 204 Å². The Morgan fingerprint density at radius 1 is 1.06 bits per heavy atom. The van der Waals surface area contributed by atoms with Gasteiger partial charge in [-0.3, -0.25) is 14.4 Å². The fraction of sp³-hybridized carbons (Fsp3) is 0.893. The first-order valence-corrected chi connectivity index (χ1v) is 13.8. The van der Waals surface area contributed by atoms with Gasteiger partial charge in [0.1, 0.15) is 5.78 Å². The SMILES string of the molecule is CC(CCC(=O)NCCCC(=O)O)C1CCC2C3C(=O)C[C@@H]4C[C@H](O)CCC4(C)C3CCC12C. The number of fused-ring (bicyclic) bond motifs is 5. The minimum absolute atomic E-state index is 0.0153. The molecule has 6 nitrogen and oxygen atoms in total. The molecule has 4 rings (SSSR count). The summed E-state index contributed by atoms with van der Waals surface area (Å²) in [6.07, 6.45) is 9.61. The van der Waals surface area contributed by atoms with Crippen LogP contribution < -0.4 is 5.32 Å². The summed E-state index contributed by atoms with van der Waals surface area (Å²) in [5.74, 6) is 2.09. The number of amides is 1. The molecule has 0 saturated heterocycles. The van der Waals surface area contributed by atoms with Crippen molar-refractivity contribution in [3.8, 4) is 0 Å². The summed E-state index contributed by atoms with van der Waals surface area (Å²) in [5, 5.41) is 21.8. The minimum Gasteiger partial charge on any atom is -0.481 e. The van der Waals surface area contributed by atoms with Gasteiger partial charge in [-0.05, 0) is 98.2 Å². The predicted octanol–water partition coefficient (Wildman–Crippen LogP) is 4.58. The number of hydrogen-bond acceptors (Lipinski definition) is 4. The second-order valence-electron chi connectivity index (χ2n) is 12.6. The first kappa shape index (κ1) is 25.7. The lowest BCUT2D eigenvalue weighted by atomic mass is 9.44. The standard InChI is InChI=1S/C28H45NO5/c1-17(6-9-24(32)29-14-4-5-25(33)34)20-7-8-21-26-22(11-13-28(20,21)3)27(2)12-10-19(30)15-18(27)16-23(26)31/h17-22,26,30H,4-16H2,1-3H3,(H,29,32)(H,33,34)/t17?,18-,19+,20?,21?,22?,26?,27?,28?/m0/s1. The van der Waals surface area contributed by atoms with Gasteiger partial charge in [0, 0.05) is 31.7 Å². The maximum absolute atomic E-state index is 13.5. The lowest BCUT2D eigenvalue weighted by Crippen LogP contribution is -2.57. The fourth-order valence-electron chi connectivity index (χ4n) is 9.00. The lowest BCUT2D eigenvalue weighted by Gasteiger charge is -2.60. The molecule has 4 aliphatic rings. The molecule has 0 aromatic rings. The van der Waals surface area contributed by atoms with E-state index in [0.717, 1.165) is 44.9 Å². The number of aliphatic hydroxyl groups is 1. The van der Waals surface area contributed by atoms with E-state index in [-0.39, 0.29) is 35.2 Å². The van der Waals surface area contributed by atoms with Crippen LogP contribution in [0.5, 0.6) is 0 Å². The van der Waals surface area contributed by atoms with E-state index in [9.17, 15) is 19.5 Å². The molecule has 7 unspecified atom stereocenters. The van der Waals surface area contributed by atoms with Crippen LogP contribution in [0.2, 0.25) is 0 Å².